The molecule has 0 saturated heterocycles. The maximum atomic E-state index is 4.63. The van der Waals surface area contributed by atoms with Crippen LogP contribution in [0.4, 0.5) is 11.4 Å². The third kappa shape index (κ3) is 2.94. The molecular weight excluding hydrogens is 260 g/mol. The van der Waals surface area contributed by atoms with E-state index in [-0.39, 0.29) is 0 Å². The fourth-order valence-electron chi connectivity index (χ4n) is 2.28. The Morgan fingerprint density at radius 1 is 0.952 bits per heavy atom. The van der Waals surface area contributed by atoms with Crippen LogP contribution in [0.25, 0.3) is 11.0 Å². The Morgan fingerprint density at radius 2 is 1.67 bits per heavy atom. The standard InChI is InChI=1S/C17H18N4/c1-21(2)17-10-6-5-9-16(17)19-12-13-11-18-14-7-3-4-8-15(14)20-13/h3-11,19H,12H2,1-2H3. The fourth-order valence-corrected chi connectivity index (χ4v) is 2.28. The first-order chi connectivity index (χ1) is 10.2. The highest BCUT2D eigenvalue weighted by Gasteiger charge is 2.04. The third-order valence-corrected chi connectivity index (χ3v) is 3.34. The minimum atomic E-state index is 0.655. The average molecular weight is 278 g/mol. The molecule has 3 rings (SSSR count). The van der Waals surface area contributed by atoms with E-state index in [1.54, 1.807) is 0 Å². The zero-order valence-corrected chi connectivity index (χ0v) is 12.2. The zero-order chi connectivity index (χ0) is 14.7. The van der Waals surface area contributed by atoms with E-state index < -0.39 is 0 Å². The van der Waals surface area contributed by atoms with Gasteiger partial charge in [-0.3, -0.25) is 4.98 Å². The Balaban J connectivity index is 1.80. The van der Waals surface area contributed by atoms with Crippen LogP contribution in [0.2, 0.25) is 0 Å². The summed E-state index contributed by atoms with van der Waals surface area (Å²) in [6.07, 6.45) is 1.83. The molecule has 4 nitrogen and oxygen atoms in total. The van der Waals surface area contributed by atoms with Gasteiger partial charge in [0.15, 0.2) is 0 Å². The second-order valence-corrected chi connectivity index (χ2v) is 5.12. The lowest BCUT2D eigenvalue weighted by Crippen LogP contribution is -2.12. The first-order valence-electron chi connectivity index (χ1n) is 6.95. The van der Waals surface area contributed by atoms with Gasteiger partial charge in [-0.2, -0.15) is 0 Å². The summed E-state index contributed by atoms with van der Waals surface area (Å²) in [5, 5.41) is 3.43. The first kappa shape index (κ1) is 13.4. The SMILES string of the molecule is CN(C)c1ccccc1NCc1cnc2ccccc2n1. The summed E-state index contributed by atoms with van der Waals surface area (Å²) in [7, 11) is 4.08. The summed E-state index contributed by atoms with van der Waals surface area (Å²) < 4.78 is 0. The van der Waals surface area contributed by atoms with Gasteiger partial charge in [0, 0.05) is 14.1 Å². The molecule has 1 aromatic heterocycles. The molecule has 0 atom stereocenters. The minimum Gasteiger partial charge on any atom is -0.378 e. The molecule has 0 fully saturated rings. The second kappa shape index (κ2) is 5.79. The van der Waals surface area contributed by atoms with Crippen molar-refractivity contribution < 1.29 is 0 Å². The number of fused-ring (bicyclic) bond motifs is 1. The quantitative estimate of drug-likeness (QED) is 0.795. The molecule has 0 aliphatic heterocycles. The van der Waals surface area contributed by atoms with Crippen molar-refractivity contribution in [2.45, 2.75) is 6.54 Å². The van der Waals surface area contributed by atoms with Crippen molar-refractivity contribution in [2.24, 2.45) is 0 Å². The molecule has 1 N–H and O–H groups in total. The van der Waals surface area contributed by atoms with Gasteiger partial charge in [-0.05, 0) is 24.3 Å². The zero-order valence-electron chi connectivity index (χ0n) is 12.2. The largest absolute Gasteiger partial charge is 0.378 e. The van der Waals surface area contributed by atoms with E-state index >= 15 is 0 Å². The first-order valence-corrected chi connectivity index (χ1v) is 6.95. The Hall–Kier alpha value is -2.62. The van der Waals surface area contributed by atoms with Crippen molar-refractivity contribution in [2.75, 3.05) is 24.3 Å². The van der Waals surface area contributed by atoms with Crippen LogP contribution >= 0.6 is 0 Å². The van der Waals surface area contributed by atoms with E-state index in [1.807, 2.05) is 56.7 Å². The van der Waals surface area contributed by atoms with E-state index in [0.29, 0.717) is 6.54 Å². The van der Waals surface area contributed by atoms with Gasteiger partial charge in [-0.15, -0.1) is 0 Å². The second-order valence-electron chi connectivity index (χ2n) is 5.12. The number of aromatic nitrogens is 2. The lowest BCUT2D eigenvalue weighted by atomic mass is 10.2. The fraction of sp³-hybridized carbons (Fsp3) is 0.176. The number of rotatable bonds is 4. The topological polar surface area (TPSA) is 41.0 Å². The smallest absolute Gasteiger partial charge is 0.0890 e. The third-order valence-electron chi connectivity index (χ3n) is 3.34. The molecule has 2 aromatic carbocycles. The van der Waals surface area contributed by atoms with Gasteiger partial charge in [0.1, 0.15) is 0 Å². The normalized spacial score (nSPS) is 10.6. The maximum absolute atomic E-state index is 4.63. The van der Waals surface area contributed by atoms with Gasteiger partial charge in [0.2, 0.25) is 0 Å². The van der Waals surface area contributed by atoms with Gasteiger partial charge in [0.25, 0.3) is 0 Å². The van der Waals surface area contributed by atoms with E-state index in [9.17, 15) is 0 Å². The van der Waals surface area contributed by atoms with Crippen molar-refractivity contribution in [1.29, 1.82) is 0 Å². The van der Waals surface area contributed by atoms with Crippen molar-refractivity contribution in [3.63, 3.8) is 0 Å². The maximum Gasteiger partial charge on any atom is 0.0890 e. The summed E-state index contributed by atoms with van der Waals surface area (Å²) in [5.74, 6) is 0. The van der Waals surface area contributed by atoms with E-state index in [2.05, 4.69) is 32.3 Å². The van der Waals surface area contributed by atoms with Gasteiger partial charge >= 0.3 is 0 Å². The number of anilines is 2. The van der Waals surface area contributed by atoms with Crippen LogP contribution in [0.15, 0.2) is 54.7 Å². The van der Waals surface area contributed by atoms with Gasteiger partial charge in [-0.1, -0.05) is 24.3 Å². The number of benzene rings is 2. The minimum absolute atomic E-state index is 0.655. The van der Waals surface area contributed by atoms with E-state index in [1.165, 1.54) is 0 Å². The number of nitrogens with one attached hydrogen (secondary N) is 1. The molecule has 0 spiro atoms. The molecule has 3 aromatic rings. The molecule has 1 heterocycles. The summed E-state index contributed by atoms with van der Waals surface area (Å²) >= 11 is 0. The monoisotopic (exact) mass is 278 g/mol. The molecule has 0 amide bonds. The Kier molecular flexibility index (Phi) is 3.69. The van der Waals surface area contributed by atoms with Gasteiger partial charge < -0.3 is 10.2 Å². The summed E-state index contributed by atoms with van der Waals surface area (Å²) in [6, 6.07) is 16.1. The highest BCUT2D eigenvalue weighted by atomic mass is 15.1. The number of hydrogen-bond acceptors (Lipinski definition) is 4. The van der Waals surface area contributed by atoms with E-state index in [0.717, 1.165) is 28.1 Å². The number of hydrogen-bond donors (Lipinski definition) is 1. The highest BCUT2D eigenvalue weighted by molar-refractivity contribution is 5.74. The summed E-state index contributed by atoms with van der Waals surface area (Å²) in [4.78, 5) is 11.2. The predicted octanol–water partition coefficient (Wildman–Crippen LogP) is 3.31. The predicted molar refractivity (Wildman–Crippen MR) is 87.6 cm³/mol. The highest BCUT2D eigenvalue weighted by Crippen LogP contribution is 2.23. The molecule has 0 unspecified atom stereocenters. The molecule has 0 radical (unpaired) electrons. The molecule has 0 aliphatic carbocycles. The van der Waals surface area contributed by atoms with Crippen LogP contribution in [0, 0.1) is 0 Å². The van der Waals surface area contributed by atoms with Gasteiger partial charge in [0.05, 0.1) is 40.8 Å². The van der Waals surface area contributed by atoms with Crippen molar-refractivity contribution >= 4 is 22.4 Å². The molecule has 0 aliphatic rings. The summed E-state index contributed by atoms with van der Waals surface area (Å²) in [6.45, 7) is 0.655. The van der Waals surface area contributed by atoms with Crippen LogP contribution in [0.1, 0.15) is 5.69 Å². The Labute approximate surface area is 124 Å². The molecule has 0 bridgehead atoms. The molecular formula is C17H18N4. The molecule has 106 valence electrons. The number of para-hydroxylation sites is 4. The molecule has 21 heavy (non-hydrogen) atoms. The van der Waals surface area contributed by atoms with Crippen LogP contribution in [0.5, 0.6) is 0 Å². The van der Waals surface area contributed by atoms with Crippen LogP contribution in [-0.4, -0.2) is 24.1 Å². The van der Waals surface area contributed by atoms with Gasteiger partial charge in [-0.25, -0.2) is 4.98 Å². The van der Waals surface area contributed by atoms with Crippen LogP contribution < -0.4 is 10.2 Å². The van der Waals surface area contributed by atoms with Crippen LogP contribution in [0.3, 0.4) is 0 Å². The van der Waals surface area contributed by atoms with Crippen molar-refractivity contribution in [1.82, 2.24) is 9.97 Å². The Morgan fingerprint density at radius 3 is 2.48 bits per heavy atom. The lowest BCUT2D eigenvalue weighted by molar-refractivity contribution is 1.03. The van der Waals surface area contributed by atoms with Crippen molar-refractivity contribution in [3.8, 4) is 0 Å². The van der Waals surface area contributed by atoms with E-state index in [4.69, 9.17) is 0 Å². The van der Waals surface area contributed by atoms with Crippen molar-refractivity contribution in [3.05, 3.63) is 60.4 Å². The average Bonchev–Trinajstić information content (AvgIpc) is 2.53. The van der Waals surface area contributed by atoms with Crippen LogP contribution in [-0.2, 0) is 6.54 Å². The molecule has 4 heteroatoms. The summed E-state index contributed by atoms with van der Waals surface area (Å²) in [5.41, 5.74) is 5.04. The lowest BCUT2D eigenvalue weighted by Gasteiger charge is -2.18. The molecule has 0 saturated carbocycles. The Bertz CT molecular complexity index is 752. The number of nitrogens with zero attached hydrogens (tertiary/aromatic N) is 3.